The maximum Gasteiger partial charge on any atom is 0.228 e. The molecule has 0 spiro atoms. The number of halogens is 3. The fourth-order valence-electron chi connectivity index (χ4n) is 3.84. The van der Waals surface area contributed by atoms with Crippen LogP contribution in [0.1, 0.15) is 38.3 Å². The molecule has 0 aliphatic carbocycles. The fraction of sp³-hybridized carbons (Fsp3) is 0.650. The van der Waals surface area contributed by atoms with Crippen LogP contribution >= 0.6 is 36.4 Å². The number of rotatable bonds is 9. The molecule has 1 saturated heterocycles. The molecule has 1 amide bonds. The van der Waals surface area contributed by atoms with E-state index >= 15 is 0 Å². The summed E-state index contributed by atoms with van der Waals surface area (Å²) in [7, 11) is 1.67. The molecule has 28 heavy (non-hydrogen) atoms. The molecule has 0 radical (unpaired) electrons. The van der Waals surface area contributed by atoms with Gasteiger partial charge in [-0.15, -0.1) is 24.8 Å². The number of ether oxygens (including phenoxy) is 1. The van der Waals surface area contributed by atoms with E-state index in [1.807, 2.05) is 24.3 Å². The minimum atomic E-state index is -0.436. The number of hydrogen-bond donors (Lipinski definition) is 2. The number of carbonyl (C=O) groups is 1. The SMILES string of the molecule is CCN(CC)C(CNC(=O)C1(COC)CCNCC1)c1ccccc1Cl.Cl.Cl. The summed E-state index contributed by atoms with van der Waals surface area (Å²) in [5.74, 6) is 0.0880. The summed E-state index contributed by atoms with van der Waals surface area (Å²) in [4.78, 5) is 15.4. The van der Waals surface area contributed by atoms with E-state index in [1.165, 1.54) is 0 Å². The molecule has 0 saturated carbocycles. The van der Waals surface area contributed by atoms with Crippen LogP contribution in [-0.4, -0.2) is 57.2 Å². The molecular formula is C20H34Cl3N3O2. The topological polar surface area (TPSA) is 53.6 Å². The number of methoxy groups -OCH3 is 1. The van der Waals surface area contributed by atoms with E-state index < -0.39 is 5.41 Å². The Morgan fingerprint density at radius 1 is 1.25 bits per heavy atom. The van der Waals surface area contributed by atoms with Crippen molar-refractivity contribution in [1.29, 1.82) is 0 Å². The summed E-state index contributed by atoms with van der Waals surface area (Å²) < 4.78 is 5.39. The van der Waals surface area contributed by atoms with Gasteiger partial charge in [0.1, 0.15) is 0 Å². The molecule has 162 valence electrons. The Kier molecular flexibility index (Phi) is 13.4. The van der Waals surface area contributed by atoms with Gasteiger partial charge in [-0.3, -0.25) is 9.69 Å². The zero-order chi connectivity index (χ0) is 19.0. The molecule has 1 atom stereocenters. The number of likely N-dealkylation sites (N-methyl/N-ethyl adjacent to an activating group) is 1. The van der Waals surface area contributed by atoms with Gasteiger partial charge in [-0.05, 0) is 50.7 Å². The smallest absolute Gasteiger partial charge is 0.228 e. The third-order valence-electron chi connectivity index (χ3n) is 5.44. The molecule has 1 aromatic rings. The predicted molar refractivity (Wildman–Crippen MR) is 121 cm³/mol. The van der Waals surface area contributed by atoms with Crippen LogP contribution in [0.4, 0.5) is 0 Å². The van der Waals surface area contributed by atoms with Gasteiger partial charge in [0, 0.05) is 18.7 Å². The minimum absolute atomic E-state index is 0. The standard InChI is InChI=1S/C20H32ClN3O2.2ClH/c1-4-24(5-2)18(16-8-6-7-9-17(16)21)14-23-19(25)20(15-26-3)10-12-22-13-11-20;;/h6-9,18,22H,4-5,10-15H2,1-3H3,(H,23,25);2*1H. The number of benzene rings is 1. The Hall–Kier alpha value is -0.560. The molecule has 1 fully saturated rings. The van der Waals surface area contributed by atoms with Crippen LogP contribution in [-0.2, 0) is 9.53 Å². The van der Waals surface area contributed by atoms with Gasteiger partial charge in [0.25, 0.3) is 0 Å². The number of nitrogens with one attached hydrogen (secondary N) is 2. The van der Waals surface area contributed by atoms with Crippen molar-refractivity contribution in [2.45, 2.75) is 32.7 Å². The molecule has 0 aromatic heterocycles. The maximum absolute atomic E-state index is 13.1. The number of amides is 1. The third kappa shape index (κ3) is 6.75. The molecule has 1 unspecified atom stereocenters. The highest BCUT2D eigenvalue weighted by Crippen LogP contribution is 2.31. The zero-order valence-corrected chi connectivity index (χ0v) is 19.4. The van der Waals surface area contributed by atoms with E-state index in [4.69, 9.17) is 16.3 Å². The zero-order valence-electron chi connectivity index (χ0n) is 17.0. The molecular weight excluding hydrogens is 421 g/mol. The number of hydrogen-bond acceptors (Lipinski definition) is 4. The lowest BCUT2D eigenvalue weighted by Crippen LogP contribution is -2.51. The van der Waals surface area contributed by atoms with Crippen molar-refractivity contribution in [2.75, 3.05) is 46.4 Å². The highest BCUT2D eigenvalue weighted by molar-refractivity contribution is 6.31. The molecule has 2 N–H and O–H groups in total. The number of piperidine rings is 1. The highest BCUT2D eigenvalue weighted by atomic mass is 35.5. The van der Waals surface area contributed by atoms with E-state index in [0.717, 1.165) is 49.6 Å². The van der Waals surface area contributed by atoms with Crippen LogP contribution in [0.3, 0.4) is 0 Å². The first kappa shape index (κ1) is 27.4. The van der Waals surface area contributed by atoms with Crippen molar-refractivity contribution in [3.05, 3.63) is 34.9 Å². The van der Waals surface area contributed by atoms with E-state index in [1.54, 1.807) is 7.11 Å². The van der Waals surface area contributed by atoms with Crippen LogP contribution in [0.25, 0.3) is 0 Å². The quantitative estimate of drug-likeness (QED) is 0.597. The van der Waals surface area contributed by atoms with Crippen molar-refractivity contribution < 1.29 is 9.53 Å². The summed E-state index contributed by atoms with van der Waals surface area (Å²) in [6.07, 6.45) is 1.60. The molecule has 1 heterocycles. The first-order chi connectivity index (χ1) is 12.6. The van der Waals surface area contributed by atoms with Gasteiger partial charge in [0.2, 0.25) is 5.91 Å². The van der Waals surface area contributed by atoms with Crippen molar-refractivity contribution in [2.24, 2.45) is 5.41 Å². The second-order valence-corrected chi connectivity index (χ2v) is 7.34. The second kappa shape index (κ2) is 13.6. The van der Waals surface area contributed by atoms with Gasteiger partial charge in [-0.2, -0.15) is 0 Å². The van der Waals surface area contributed by atoms with E-state index in [-0.39, 0.29) is 36.8 Å². The predicted octanol–water partition coefficient (Wildman–Crippen LogP) is 3.70. The Labute approximate surface area is 186 Å². The molecule has 0 bridgehead atoms. The van der Waals surface area contributed by atoms with Crippen molar-refractivity contribution in [3.63, 3.8) is 0 Å². The molecule has 5 nitrogen and oxygen atoms in total. The van der Waals surface area contributed by atoms with Gasteiger partial charge in [0.05, 0.1) is 18.1 Å². The maximum atomic E-state index is 13.1. The van der Waals surface area contributed by atoms with Crippen molar-refractivity contribution >= 4 is 42.3 Å². The Bertz CT molecular complexity index is 574. The van der Waals surface area contributed by atoms with Gasteiger partial charge < -0.3 is 15.4 Å². The molecule has 8 heteroatoms. The largest absolute Gasteiger partial charge is 0.384 e. The normalized spacial score (nSPS) is 16.6. The fourth-order valence-corrected chi connectivity index (χ4v) is 4.10. The molecule has 1 aliphatic heterocycles. The van der Waals surface area contributed by atoms with E-state index in [2.05, 4.69) is 29.4 Å². The second-order valence-electron chi connectivity index (χ2n) is 6.93. The van der Waals surface area contributed by atoms with Crippen molar-refractivity contribution in [1.82, 2.24) is 15.5 Å². The number of carbonyl (C=O) groups excluding carboxylic acids is 1. The Balaban J connectivity index is 0.00000364. The molecule has 1 aliphatic rings. The Morgan fingerprint density at radius 2 is 1.86 bits per heavy atom. The van der Waals surface area contributed by atoms with Crippen LogP contribution in [0.5, 0.6) is 0 Å². The van der Waals surface area contributed by atoms with Gasteiger partial charge in [-0.25, -0.2) is 0 Å². The first-order valence-electron chi connectivity index (χ1n) is 9.54. The average molecular weight is 455 g/mol. The summed E-state index contributed by atoms with van der Waals surface area (Å²) in [5, 5.41) is 7.27. The van der Waals surface area contributed by atoms with Crippen LogP contribution in [0.2, 0.25) is 5.02 Å². The summed E-state index contributed by atoms with van der Waals surface area (Å²) in [5.41, 5.74) is 0.623. The summed E-state index contributed by atoms with van der Waals surface area (Å²) >= 11 is 6.45. The van der Waals surface area contributed by atoms with Crippen LogP contribution < -0.4 is 10.6 Å². The van der Waals surface area contributed by atoms with Crippen molar-refractivity contribution in [3.8, 4) is 0 Å². The van der Waals surface area contributed by atoms with Gasteiger partial charge in [-0.1, -0.05) is 43.6 Å². The molecule has 2 rings (SSSR count). The average Bonchev–Trinajstić information content (AvgIpc) is 2.66. The van der Waals surface area contributed by atoms with E-state index in [9.17, 15) is 4.79 Å². The first-order valence-corrected chi connectivity index (χ1v) is 9.92. The summed E-state index contributed by atoms with van der Waals surface area (Å²) in [6, 6.07) is 7.95. The van der Waals surface area contributed by atoms with E-state index in [0.29, 0.717) is 13.2 Å². The molecule has 1 aromatic carbocycles. The lowest BCUT2D eigenvalue weighted by Gasteiger charge is -2.37. The van der Waals surface area contributed by atoms with Crippen LogP contribution in [0.15, 0.2) is 24.3 Å². The van der Waals surface area contributed by atoms with Gasteiger partial charge >= 0.3 is 0 Å². The van der Waals surface area contributed by atoms with Crippen LogP contribution in [0, 0.1) is 5.41 Å². The lowest BCUT2D eigenvalue weighted by molar-refractivity contribution is -0.136. The highest BCUT2D eigenvalue weighted by Gasteiger charge is 2.39. The Morgan fingerprint density at radius 3 is 2.39 bits per heavy atom. The van der Waals surface area contributed by atoms with Gasteiger partial charge in [0.15, 0.2) is 0 Å². The summed E-state index contributed by atoms with van der Waals surface area (Å²) in [6.45, 7) is 8.76. The number of nitrogens with zero attached hydrogens (tertiary/aromatic N) is 1. The minimum Gasteiger partial charge on any atom is -0.384 e. The third-order valence-corrected chi connectivity index (χ3v) is 5.78. The monoisotopic (exact) mass is 453 g/mol. The lowest BCUT2D eigenvalue weighted by atomic mass is 9.78.